The van der Waals surface area contributed by atoms with E-state index in [1.807, 2.05) is 6.92 Å². The zero-order valence-electron chi connectivity index (χ0n) is 28.0. The Morgan fingerprint density at radius 3 is 1.73 bits per heavy atom. The van der Waals surface area contributed by atoms with Gasteiger partial charge in [0, 0.05) is 25.0 Å². The minimum absolute atomic E-state index is 0.115. The second-order valence-electron chi connectivity index (χ2n) is 11.7. The Hall–Kier alpha value is -2.45. The molecule has 0 N–H and O–H groups in total. The maximum absolute atomic E-state index is 13.8. The van der Waals surface area contributed by atoms with Crippen LogP contribution in [0.5, 0.6) is 5.75 Å². The molecule has 1 rings (SSSR count). The number of rotatable bonds is 29. The molecule has 0 heterocycles. The monoisotopic (exact) mass is 655 g/mol. The van der Waals surface area contributed by atoms with E-state index in [4.69, 9.17) is 18.5 Å². The lowest BCUT2D eigenvalue weighted by Crippen LogP contribution is -2.30. The Labute approximate surface area is 271 Å². The highest BCUT2D eigenvalue weighted by atomic mass is 31.2. The molecule has 45 heavy (non-hydrogen) atoms. The van der Waals surface area contributed by atoms with Crippen molar-refractivity contribution in [1.82, 2.24) is 0 Å². The molecule has 0 bridgehead atoms. The second kappa shape index (κ2) is 25.7. The number of nitrogens with zero attached hydrogens (tertiary/aromatic N) is 1. The summed E-state index contributed by atoms with van der Waals surface area (Å²) < 4.78 is 36.4. The summed E-state index contributed by atoms with van der Waals surface area (Å²) in [6, 6.07) is 5.29. The van der Waals surface area contributed by atoms with Gasteiger partial charge in [-0.05, 0) is 31.4 Å². The van der Waals surface area contributed by atoms with Crippen LogP contribution in [0.2, 0.25) is 0 Å². The number of hydrogen-bond acceptors (Lipinski definition) is 9. The molecule has 1 aromatic rings. The lowest BCUT2D eigenvalue weighted by atomic mass is 10.1. The number of non-ortho nitro benzene ring substituents is 1. The van der Waals surface area contributed by atoms with Gasteiger partial charge in [0.15, 0.2) is 6.10 Å². The Balaban J connectivity index is 2.78. The quantitative estimate of drug-likeness (QED) is 0.0272. The topological polar surface area (TPSA) is 131 Å². The van der Waals surface area contributed by atoms with Crippen LogP contribution in [-0.4, -0.2) is 42.3 Å². The minimum atomic E-state index is -3.73. The third-order valence-electron chi connectivity index (χ3n) is 7.48. The SMILES string of the molecule is CCCCCCCCCC(=O)OC[C@H](COP(=O)(CCCCC)Oc1ccc([N+](=O)[O-])cc1)OC(=O)CCCCCCCCC. The number of ether oxygens (including phenoxy) is 2. The summed E-state index contributed by atoms with van der Waals surface area (Å²) in [5.74, 6) is -0.614. The van der Waals surface area contributed by atoms with Gasteiger partial charge in [-0.2, -0.15) is 0 Å². The molecule has 11 heteroatoms. The van der Waals surface area contributed by atoms with E-state index in [-0.39, 0.29) is 49.6 Å². The van der Waals surface area contributed by atoms with Crippen LogP contribution in [0.3, 0.4) is 0 Å². The smallest absolute Gasteiger partial charge is 0.379 e. The first kappa shape index (κ1) is 40.6. The zero-order valence-corrected chi connectivity index (χ0v) is 28.9. The van der Waals surface area contributed by atoms with Crippen molar-refractivity contribution in [2.45, 2.75) is 149 Å². The molecule has 0 aromatic heterocycles. The first-order valence-corrected chi connectivity index (χ1v) is 19.0. The van der Waals surface area contributed by atoms with E-state index in [0.29, 0.717) is 12.8 Å². The maximum atomic E-state index is 13.8. The Kier molecular flexibility index (Phi) is 23.2. The van der Waals surface area contributed by atoms with Crippen molar-refractivity contribution in [3.63, 3.8) is 0 Å². The normalized spacial score (nSPS) is 13.1. The van der Waals surface area contributed by atoms with Gasteiger partial charge in [0.1, 0.15) is 12.4 Å². The van der Waals surface area contributed by atoms with Gasteiger partial charge in [-0.3, -0.25) is 24.2 Å². The fraction of sp³-hybridized carbons (Fsp3) is 0.765. The fourth-order valence-electron chi connectivity index (χ4n) is 4.75. The highest BCUT2D eigenvalue weighted by Gasteiger charge is 2.29. The lowest BCUT2D eigenvalue weighted by molar-refractivity contribution is -0.384. The van der Waals surface area contributed by atoms with E-state index in [1.54, 1.807) is 0 Å². The second-order valence-corrected chi connectivity index (χ2v) is 13.8. The van der Waals surface area contributed by atoms with E-state index in [9.17, 15) is 24.3 Å². The molecule has 258 valence electrons. The number of nitro benzene ring substituents is 1. The number of benzene rings is 1. The van der Waals surface area contributed by atoms with Crippen LogP contribution in [0, 0.1) is 10.1 Å². The van der Waals surface area contributed by atoms with E-state index < -0.39 is 24.6 Å². The molecular formula is C34H58NO9P. The molecule has 1 unspecified atom stereocenters. The average molecular weight is 656 g/mol. The Morgan fingerprint density at radius 2 is 1.20 bits per heavy atom. The van der Waals surface area contributed by atoms with Gasteiger partial charge in [0.25, 0.3) is 5.69 Å². The highest BCUT2D eigenvalue weighted by Crippen LogP contribution is 2.49. The molecule has 1 aromatic carbocycles. The number of hydrogen-bond donors (Lipinski definition) is 0. The van der Waals surface area contributed by atoms with Crippen LogP contribution >= 0.6 is 7.60 Å². The summed E-state index contributed by atoms with van der Waals surface area (Å²) in [5.41, 5.74) is -0.115. The van der Waals surface area contributed by atoms with Gasteiger partial charge in [-0.1, -0.05) is 111 Å². The third-order valence-corrected chi connectivity index (χ3v) is 9.38. The van der Waals surface area contributed by atoms with Gasteiger partial charge in [0.05, 0.1) is 17.7 Å². The van der Waals surface area contributed by atoms with Crippen molar-refractivity contribution in [1.29, 1.82) is 0 Å². The molecule has 0 saturated carbocycles. The Bertz CT molecular complexity index is 986. The predicted molar refractivity (Wildman–Crippen MR) is 178 cm³/mol. The van der Waals surface area contributed by atoms with Gasteiger partial charge in [0.2, 0.25) is 0 Å². The highest BCUT2D eigenvalue weighted by molar-refractivity contribution is 7.54. The summed E-state index contributed by atoms with van der Waals surface area (Å²) in [5, 5.41) is 11.0. The first-order valence-electron chi connectivity index (χ1n) is 17.3. The molecule has 0 aliphatic rings. The molecule has 0 radical (unpaired) electrons. The van der Waals surface area contributed by atoms with Gasteiger partial charge < -0.3 is 14.0 Å². The van der Waals surface area contributed by atoms with Crippen LogP contribution in [0.1, 0.15) is 143 Å². The van der Waals surface area contributed by atoms with Crippen molar-refractivity contribution in [2.24, 2.45) is 0 Å². The molecule has 0 aliphatic heterocycles. The molecule has 0 aliphatic carbocycles. The van der Waals surface area contributed by atoms with Crippen LogP contribution in [0.4, 0.5) is 5.69 Å². The van der Waals surface area contributed by atoms with Crippen LogP contribution in [0.25, 0.3) is 0 Å². The lowest BCUT2D eigenvalue weighted by Gasteiger charge is -2.23. The minimum Gasteiger partial charge on any atom is -0.462 e. The summed E-state index contributed by atoms with van der Waals surface area (Å²) in [6.07, 6.45) is 17.0. The van der Waals surface area contributed by atoms with Gasteiger partial charge >= 0.3 is 19.5 Å². The number of unbranched alkanes of at least 4 members (excludes halogenated alkanes) is 14. The zero-order chi connectivity index (χ0) is 33.2. The number of esters is 2. The standard InChI is InChI=1S/C34H58NO9P/c1-4-7-10-12-14-16-18-21-33(36)41-28-32(43-34(37)22-19-17-15-13-11-8-5-2)29-42-45(40,27-20-9-6-3)44-31-25-23-30(24-26-31)35(38)39/h23-26,32H,4-22,27-29H2,1-3H3/t32-,45?/m1/s1. The maximum Gasteiger partial charge on any atom is 0.379 e. The molecule has 0 fully saturated rings. The van der Waals surface area contributed by atoms with Gasteiger partial charge in [-0.25, -0.2) is 4.57 Å². The molecule has 2 atom stereocenters. The van der Waals surface area contributed by atoms with Gasteiger partial charge in [-0.15, -0.1) is 0 Å². The molecule has 0 saturated heterocycles. The van der Waals surface area contributed by atoms with Crippen LogP contribution in [0.15, 0.2) is 24.3 Å². The summed E-state index contributed by atoms with van der Waals surface area (Å²) in [6.45, 7) is 5.90. The Morgan fingerprint density at radius 1 is 0.711 bits per heavy atom. The van der Waals surface area contributed by atoms with E-state index in [2.05, 4.69) is 13.8 Å². The number of carbonyl (C=O) groups excluding carboxylic acids is 2. The molecule has 10 nitrogen and oxygen atoms in total. The van der Waals surface area contributed by atoms with Crippen molar-refractivity contribution in [3.05, 3.63) is 34.4 Å². The molecular weight excluding hydrogens is 597 g/mol. The van der Waals surface area contributed by atoms with E-state index in [1.165, 1.54) is 62.8 Å². The molecule has 0 spiro atoms. The summed E-state index contributed by atoms with van der Waals surface area (Å²) >= 11 is 0. The van der Waals surface area contributed by atoms with Crippen molar-refractivity contribution < 1.29 is 37.6 Å². The number of nitro groups is 1. The van der Waals surface area contributed by atoms with Crippen molar-refractivity contribution >= 4 is 25.2 Å². The summed E-state index contributed by atoms with van der Waals surface area (Å²) in [4.78, 5) is 35.6. The van der Waals surface area contributed by atoms with E-state index in [0.717, 1.165) is 57.8 Å². The van der Waals surface area contributed by atoms with Crippen LogP contribution in [-0.2, 0) is 28.2 Å². The number of carbonyl (C=O) groups is 2. The largest absolute Gasteiger partial charge is 0.462 e. The third kappa shape index (κ3) is 21.1. The first-order chi connectivity index (χ1) is 21.7. The molecule has 0 amide bonds. The summed E-state index contributed by atoms with van der Waals surface area (Å²) in [7, 11) is -3.73. The predicted octanol–water partition coefficient (Wildman–Crippen LogP) is 10.1. The van der Waals surface area contributed by atoms with Crippen molar-refractivity contribution in [3.8, 4) is 5.75 Å². The van der Waals surface area contributed by atoms with E-state index >= 15 is 0 Å². The average Bonchev–Trinajstić information content (AvgIpc) is 3.02. The van der Waals surface area contributed by atoms with Crippen LogP contribution < -0.4 is 4.52 Å². The fourth-order valence-corrected chi connectivity index (χ4v) is 6.47. The van der Waals surface area contributed by atoms with Crippen molar-refractivity contribution in [2.75, 3.05) is 19.4 Å².